The maximum Gasteiger partial charge on any atom is 0.123 e. The molecule has 1 heterocycles. The molecule has 0 aromatic heterocycles. The molecule has 1 atom stereocenters. The molecule has 0 aliphatic carbocycles. The Labute approximate surface area is 48.2 Å². The second kappa shape index (κ2) is 2.36. The first kappa shape index (κ1) is 5.16. The van der Waals surface area contributed by atoms with Crippen molar-refractivity contribution in [1.82, 2.24) is 0 Å². The van der Waals surface area contributed by atoms with Gasteiger partial charge in [0.15, 0.2) is 0 Å². The van der Waals surface area contributed by atoms with Crippen LogP contribution in [-0.2, 0) is 0 Å². The number of hydrogen-bond acceptors (Lipinski definition) is 2. The van der Waals surface area contributed by atoms with Crippen molar-refractivity contribution >= 4 is 17.3 Å². The molecule has 1 radical (unpaired) electrons. The first-order valence-corrected chi connectivity index (χ1v) is 3.38. The number of rotatable bonds is 1. The maximum atomic E-state index is 3.95. The van der Waals surface area contributed by atoms with Crippen LogP contribution < -0.4 is 0 Å². The summed E-state index contributed by atoms with van der Waals surface area (Å²) in [6, 6.07) is 0. The standard InChI is InChI=1S/C5H8NS/c1-2-5-3-6-4-7-5/h5H,2-3H2,1H3. The fourth-order valence-corrected chi connectivity index (χ4v) is 1.11. The van der Waals surface area contributed by atoms with Gasteiger partial charge in [0.05, 0.1) is 6.54 Å². The second-order valence-corrected chi connectivity index (χ2v) is 2.67. The van der Waals surface area contributed by atoms with Gasteiger partial charge in [-0.2, -0.15) is 0 Å². The third kappa shape index (κ3) is 1.20. The topological polar surface area (TPSA) is 12.4 Å². The first-order valence-electron chi connectivity index (χ1n) is 2.50. The summed E-state index contributed by atoms with van der Waals surface area (Å²) in [5.74, 6) is 0. The van der Waals surface area contributed by atoms with Crippen LogP contribution in [0.5, 0.6) is 0 Å². The summed E-state index contributed by atoms with van der Waals surface area (Å²) in [7, 11) is 0. The van der Waals surface area contributed by atoms with Gasteiger partial charge in [-0.3, -0.25) is 4.99 Å². The third-order valence-corrected chi connectivity index (χ3v) is 2.08. The average molecular weight is 114 g/mol. The molecule has 0 saturated carbocycles. The summed E-state index contributed by atoms with van der Waals surface area (Å²) in [4.78, 5) is 3.95. The molecule has 39 valence electrons. The van der Waals surface area contributed by atoms with Gasteiger partial charge in [0.2, 0.25) is 0 Å². The largest absolute Gasteiger partial charge is 0.274 e. The van der Waals surface area contributed by atoms with E-state index in [1.54, 1.807) is 11.8 Å². The lowest BCUT2D eigenvalue weighted by molar-refractivity contribution is 0.844. The Morgan fingerprint density at radius 1 is 2.00 bits per heavy atom. The van der Waals surface area contributed by atoms with E-state index in [-0.39, 0.29) is 0 Å². The van der Waals surface area contributed by atoms with Gasteiger partial charge in [-0.25, -0.2) is 0 Å². The molecule has 0 aromatic carbocycles. The van der Waals surface area contributed by atoms with Crippen LogP contribution in [-0.4, -0.2) is 17.3 Å². The Morgan fingerprint density at radius 2 is 2.86 bits per heavy atom. The SMILES string of the molecule is CCC1CN=[C]S1. The number of nitrogens with zero attached hydrogens (tertiary/aromatic N) is 1. The van der Waals surface area contributed by atoms with Gasteiger partial charge in [0.1, 0.15) is 5.55 Å². The predicted octanol–water partition coefficient (Wildman–Crippen LogP) is 1.42. The highest BCUT2D eigenvalue weighted by molar-refractivity contribution is 8.12. The highest BCUT2D eigenvalue weighted by atomic mass is 32.2. The minimum Gasteiger partial charge on any atom is -0.274 e. The van der Waals surface area contributed by atoms with E-state index in [1.807, 2.05) is 0 Å². The summed E-state index contributed by atoms with van der Waals surface area (Å²) in [5, 5.41) is 0.736. The van der Waals surface area contributed by atoms with Crippen molar-refractivity contribution in [1.29, 1.82) is 0 Å². The van der Waals surface area contributed by atoms with Crippen molar-refractivity contribution in [2.45, 2.75) is 18.6 Å². The van der Waals surface area contributed by atoms with E-state index in [9.17, 15) is 0 Å². The predicted molar refractivity (Wildman–Crippen MR) is 34.0 cm³/mol. The van der Waals surface area contributed by atoms with Crippen molar-refractivity contribution in [3.8, 4) is 0 Å². The Morgan fingerprint density at radius 3 is 3.14 bits per heavy atom. The van der Waals surface area contributed by atoms with Gasteiger partial charge < -0.3 is 0 Å². The number of hydrogen-bond donors (Lipinski definition) is 0. The quantitative estimate of drug-likeness (QED) is 0.502. The average Bonchev–Trinajstić information content (AvgIpc) is 2.14. The summed E-state index contributed by atoms with van der Waals surface area (Å²) < 4.78 is 0. The normalized spacial score (nSPS) is 29.0. The summed E-state index contributed by atoms with van der Waals surface area (Å²) in [5.41, 5.74) is 2.86. The summed E-state index contributed by atoms with van der Waals surface area (Å²) in [6.45, 7) is 3.17. The minimum atomic E-state index is 0.736. The molecule has 2 heteroatoms. The van der Waals surface area contributed by atoms with Crippen molar-refractivity contribution in [3.63, 3.8) is 0 Å². The molecule has 1 unspecified atom stereocenters. The third-order valence-electron chi connectivity index (χ3n) is 1.03. The Kier molecular flexibility index (Phi) is 1.74. The van der Waals surface area contributed by atoms with Gasteiger partial charge in [-0.15, -0.1) is 0 Å². The van der Waals surface area contributed by atoms with E-state index in [1.165, 1.54) is 6.42 Å². The molecular formula is C5H8NS. The molecule has 0 N–H and O–H groups in total. The zero-order chi connectivity index (χ0) is 5.11. The second-order valence-electron chi connectivity index (χ2n) is 1.58. The van der Waals surface area contributed by atoms with Gasteiger partial charge in [0, 0.05) is 5.25 Å². The Bertz CT molecular complexity index is 72.1. The van der Waals surface area contributed by atoms with E-state index < -0.39 is 0 Å². The highest BCUT2D eigenvalue weighted by Crippen LogP contribution is 2.16. The van der Waals surface area contributed by atoms with Crippen LogP contribution in [0.2, 0.25) is 0 Å². The van der Waals surface area contributed by atoms with E-state index in [0.717, 1.165) is 11.8 Å². The molecule has 0 fully saturated rings. The van der Waals surface area contributed by atoms with E-state index >= 15 is 0 Å². The van der Waals surface area contributed by atoms with Crippen LogP contribution in [0.1, 0.15) is 13.3 Å². The van der Waals surface area contributed by atoms with E-state index in [2.05, 4.69) is 17.5 Å². The zero-order valence-electron chi connectivity index (χ0n) is 4.35. The molecule has 1 aliphatic rings. The molecule has 7 heavy (non-hydrogen) atoms. The molecule has 1 aliphatic heterocycles. The first-order chi connectivity index (χ1) is 3.43. The monoisotopic (exact) mass is 114 g/mol. The lowest BCUT2D eigenvalue weighted by Crippen LogP contribution is -1.97. The van der Waals surface area contributed by atoms with Crippen LogP contribution >= 0.6 is 11.8 Å². The molecule has 1 nitrogen and oxygen atoms in total. The van der Waals surface area contributed by atoms with Crippen LogP contribution in [0, 0.1) is 0 Å². The molecule has 0 bridgehead atoms. The molecule has 0 amide bonds. The van der Waals surface area contributed by atoms with Crippen LogP contribution in [0.4, 0.5) is 0 Å². The van der Waals surface area contributed by atoms with Crippen molar-refractivity contribution in [2.75, 3.05) is 6.54 Å². The van der Waals surface area contributed by atoms with Crippen LogP contribution in [0.25, 0.3) is 0 Å². The Hall–Kier alpha value is 0.0200. The van der Waals surface area contributed by atoms with Crippen molar-refractivity contribution < 1.29 is 0 Å². The van der Waals surface area contributed by atoms with Gasteiger partial charge in [0.25, 0.3) is 0 Å². The maximum absolute atomic E-state index is 3.95. The fraction of sp³-hybridized carbons (Fsp3) is 0.800. The molecule has 0 aromatic rings. The van der Waals surface area contributed by atoms with E-state index in [0.29, 0.717) is 0 Å². The van der Waals surface area contributed by atoms with Crippen molar-refractivity contribution in [2.24, 2.45) is 4.99 Å². The lowest BCUT2D eigenvalue weighted by Gasteiger charge is -1.97. The fourth-order valence-electron chi connectivity index (χ4n) is 0.501. The molecule has 0 saturated heterocycles. The zero-order valence-corrected chi connectivity index (χ0v) is 5.16. The van der Waals surface area contributed by atoms with Crippen LogP contribution in [0.3, 0.4) is 0 Å². The van der Waals surface area contributed by atoms with Gasteiger partial charge in [-0.1, -0.05) is 18.7 Å². The molecular weight excluding hydrogens is 106 g/mol. The van der Waals surface area contributed by atoms with Gasteiger partial charge >= 0.3 is 0 Å². The van der Waals surface area contributed by atoms with Crippen LogP contribution in [0.15, 0.2) is 4.99 Å². The smallest absolute Gasteiger partial charge is 0.123 e. The summed E-state index contributed by atoms with van der Waals surface area (Å²) >= 11 is 1.73. The van der Waals surface area contributed by atoms with Crippen molar-refractivity contribution in [3.05, 3.63) is 0 Å². The molecule has 0 spiro atoms. The minimum absolute atomic E-state index is 0.736. The number of aliphatic imine (C=N–C) groups is 1. The van der Waals surface area contributed by atoms with Gasteiger partial charge in [-0.05, 0) is 6.42 Å². The summed E-state index contributed by atoms with van der Waals surface area (Å²) in [6.07, 6.45) is 1.22. The number of thioether (sulfide) groups is 1. The lowest BCUT2D eigenvalue weighted by atomic mass is 10.3. The molecule has 1 rings (SSSR count). The van der Waals surface area contributed by atoms with E-state index in [4.69, 9.17) is 0 Å². The highest BCUT2D eigenvalue weighted by Gasteiger charge is 2.08. The Balaban J connectivity index is 2.22.